The van der Waals surface area contributed by atoms with Crippen LogP contribution < -0.4 is 5.32 Å². The molecule has 0 aromatic heterocycles. The minimum atomic E-state index is -3.47. The van der Waals surface area contributed by atoms with Gasteiger partial charge in [-0.15, -0.1) is 0 Å². The summed E-state index contributed by atoms with van der Waals surface area (Å²) < 4.78 is 25.4. The summed E-state index contributed by atoms with van der Waals surface area (Å²) in [7, 11) is -3.47. The van der Waals surface area contributed by atoms with Gasteiger partial charge in [0, 0.05) is 13.1 Å². The van der Waals surface area contributed by atoms with E-state index in [0.717, 1.165) is 24.8 Å². The number of nitrogens with one attached hydrogen (secondary N) is 1. The van der Waals surface area contributed by atoms with Gasteiger partial charge in [0.05, 0.1) is 5.25 Å². The predicted molar refractivity (Wildman–Crippen MR) is 95.0 cm³/mol. The van der Waals surface area contributed by atoms with Crippen molar-refractivity contribution in [3.05, 3.63) is 59.7 Å². The zero-order chi connectivity index (χ0) is 17.0. The van der Waals surface area contributed by atoms with E-state index in [1.807, 2.05) is 24.3 Å². The number of rotatable bonds is 7. The SMILES string of the molecule is O=S(=O)(c1c(O)cccc1CCCCc1ccccc1)C1CNC1. The molecule has 4 nitrogen and oxygen atoms in total. The smallest absolute Gasteiger partial charge is 0.187 e. The molecule has 1 aliphatic rings. The van der Waals surface area contributed by atoms with E-state index >= 15 is 0 Å². The maximum absolute atomic E-state index is 12.7. The molecule has 5 heteroatoms. The summed E-state index contributed by atoms with van der Waals surface area (Å²) >= 11 is 0. The average Bonchev–Trinajstić information content (AvgIpc) is 2.50. The zero-order valence-corrected chi connectivity index (χ0v) is 14.4. The first-order valence-corrected chi connectivity index (χ1v) is 9.93. The van der Waals surface area contributed by atoms with E-state index in [-0.39, 0.29) is 10.6 Å². The van der Waals surface area contributed by atoms with Gasteiger partial charge in [-0.25, -0.2) is 8.42 Å². The highest BCUT2D eigenvalue weighted by molar-refractivity contribution is 7.92. The highest BCUT2D eigenvalue weighted by atomic mass is 32.2. The minimum Gasteiger partial charge on any atom is -0.507 e. The second-order valence-corrected chi connectivity index (χ2v) is 8.45. The van der Waals surface area contributed by atoms with Crippen molar-refractivity contribution >= 4 is 9.84 Å². The largest absolute Gasteiger partial charge is 0.507 e. The highest BCUT2D eigenvalue weighted by Gasteiger charge is 2.35. The summed E-state index contributed by atoms with van der Waals surface area (Å²) in [6, 6.07) is 15.3. The van der Waals surface area contributed by atoms with E-state index in [2.05, 4.69) is 17.4 Å². The fourth-order valence-corrected chi connectivity index (χ4v) is 4.94. The first-order valence-electron chi connectivity index (χ1n) is 8.38. The summed E-state index contributed by atoms with van der Waals surface area (Å²) in [6.07, 6.45) is 3.53. The fraction of sp³-hybridized carbons (Fsp3) is 0.368. The van der Waals surface area contributed by atoms with E-state index in [9.17, 15) is 13.5 Å². The van der Waals surface area contributed by atoms with Gasteiger partial charge in [0.25, 0.3) is 0 Å². The Hall–Kier alpha value is -1.85. The van der Waals surface area contributed by atoms with Crippen molar-refractivity contribution < 1.29 is 13.5 Å². The summed E-state index contributed by atoms with van der Waals surface area (Å²) in [4.78, 5) is 0.135. The van der Waals surface area contributed by atoms with Crippen LogP contribution in [0.4, 0.5) is 0 Å². The molecule has 1 aliphatic heterocycles. The van der Waals surface area contributed by atoms with Gasteiger partial charge in [0.1, 0.15) is 10.6 Å². The third-order valence-electron chi connectivity index (χ3n) is 4.55. The molecule has 0 atom stereocenters. The Labute approximate surface area is 143 Å². The predicted octanol–water partition coefficient (Wildman–Crippen LogP) is 2.70. The molecule has 0 unspecified atom stereocenters. The number of benzene rings is 2. The molecular formula is C19H23NO3S. The van der Waals surface area contributed by atoms with Crippen LogP contribution in [0.5, 0.6) is 5.75 Å². The first kappa shape index (κ1) is 17.0. The van der Waals surface area contributed by atoms with Crippen LogP contribution in [0.25, 0.3) is 0 Å². The Morgan fingerprint density at radius 3 is 2.33 bits per heavy atom. The van der Waals surface area contributed by atoms with E-state index < -0.39 is 15.1 Å². The van der Waals surface area contributed by atoms with Crippen molar-refractivity contribution in [2.24, 2.45) is 0 Å². The van der Waals surface area contributed by atoms with Crippen LogP contribution in [0.3, 0.4) is 0 Å². The summed E-state index contributed by atoms with van der Waals surface area (Å²) in [5, 5.41) is 12.7. The summed E-state index contributed by atoms with van der Waals surface area (Å²) in [6.45, 7) is 0.925. The third-order valence-corrected chi connectivity index (χ3v) is 6.80. The van der Waals surface area contributed by atoms with Gasteiger partial charge < -0.3 is 10.4 Å². The molecule has 1 saturated heterocycles. The fourth-order valence-electron chi connectivity index (χ4n) is 3.03. The first-order chi connectivity index (χ1) is 11.6. The number of unbranched alkanes of at least 4 members (excludes halogenated alkanes) is 1. The third kappa shape index (κ3) is 3.62. The second-order valence-electron chi connectivity index (χ2n) is 6.28. The van der Waals surface area contributed by atoms with Crippen LogP contribution in [0, 0.1) is 0 Å². The van der Waals surface area contributed by atoms with Gasteiger partial charge in [-0.3, -0.25) is 0 Å². The van der Waals surface area contributed by atoms with Crippen LogP contribution in [0.1, 0.15) is 24.0 Å². The molecule has 0 saturated carbocycles. The molecule has 1 fully saturated rings. The van der Waals surface area contributed by atoms with Gasteiger partial charge in [0.2, 0.25) is 0 Å². The molecule has 1 heterocycles. The molecule has 3 rings (SSSR count). The monoisotopic (exact) mass is 345 g/mol. The number of aryl methyl sites for hydroxylation is 2. The topological polar surface area (TPSA) is 66.4 Å². The number of phenolic OH excluding ortho intramolecular Hbond substituents is 1. The number of aromatic hydroxyl groups is 1. The van der Waals surface area contributed by atoms with Crippen LogP contribution in [0.15, 0.2) is 53.4 Å². The molecule has 2 aromatic carbocycles. The molecule has 0 bridgehead atoms. The Morgan fingerprint density at radius 2 is 1.67 bits per heavy atom. The number of hydrogen-bond acceptors (Lipinski definition) is 4. The normalized spacial score (nSPS) is 15.2. The Morgan fingerprint density at radius 1 is 0.958 bits per heavy atom. The van der Waals surface area contributed by atoms with Crippen molar-refractivity contribution in [1.29, 1.82) is 0 Å². The van der Waals surface area contributed by atoms with Gasteiger partial charge in [0.15, 0.2) is 9.84 Å². The molecule has 2 aromatic rings. The molecule has 0 amide bonds. The van der Waals surface area contributed by atoms with Gasteiger partial charge >= 0.3 is 0 Å². The molecule has 2 N–H and O–H groups in total. The summed E-state index contributed by atoms with van der Waals surface area (Å²) in [5.74, 6) is -0.123. The average molecular weight is 345 g/mol. The van der Waals surface area contributed by atoms with E-state index in [1.165, 1.54) is 11.6 Å². The van der Waals surface area contributed by atoms with E-state index in [1.54, 1.807) is 6.07 Å². The van der Waals surface area contributed by atoms with Crippen LogP contribution in [-0.4, -0.2) is 31.9 Å². The van der Waals surface area contributed by atoms with Gasteiger partial charge in [-0.2, -0.15) is 0 Å². The van der Waals surface area contributed by atoms with Crippen LogP contribution >= 0.6 is 0 Å². The Bertz CT molecular complexity index is 784. The molecule has 24 heavy (non-hydrogen) atoms. The maximum Gasteiger partial charge on any atom is 0.187 e. The van der Waals surface area contributed by atoms with Crippen molar-refractivity contribution in [1.82, 2.24) is 5.32 Å². The van der Waals surface area contributed by atoms with Crippen molar-refractivity contribution in [2.45, 2.75) is 35.8 Å². The lowest BCUT2D eigenvalue weighted by Gasteiger charge is -2.28. The van der Waals surface area contributed by atoms with Crippen LogP contribution in [-0.2, 0) is 22.7 Å². The van der Waals surface area contributed by atoms with E-state index in [4.69, 9.17) is 0 Å². The van der Waals surface area contributed by atoms with Gasteiger partial charge in [-0.1, -0.05) is 42.5 Å². The standard InChI is InChI=1S/C19H23NO3S/c21-18-12-6-11-16(19(18)24(22,23)17-13-20-14-17)10-5-4-9-15-7-2-1-3-8-15/h1-3,6-8,11-12,17,20-21H,4-5,9-10,13-14H2. The highest BCUT2D eigenvalue weighted by Crippen LogP contribution is 2.31. The van der Waals surface area contributed by atoms with Crippen LogP contribution in [0.2, 0.25) is 0 Å². The van der Waals surface area contributed by atoms with Gasteiger partial charge in [-0.05, 0) is 42.9 Å². The number of phenols is 1. The van der Waals surface area contributed by atoms with Crippen molar-refractivity contribution in [3.63, 3.8) is 0 Å². The number of sulfone groups is 1. The van der Waals surface area contributed by atoms with Crippen molar-refractivity contribution in [3.8, 4) is 5.75 Å². The summed E-state index contributed by atoms with van der Waals surface area (Å²) in [5.41, 5.74) is 2.02. The molecule has 0 aliphatic carbocycles. The molecule has 0 radical (unpaired) electrons. The second kappa shape index (κ2) is 7.36. The van der Waals surface area contributed by atoms with E-state index in [0.29, 0.717) is 19.5 Å². The maximum atomic E-state index is 12.7. The lowest BCUT2D eigenvalue weighted by molar-refractivity contribution is 0.450. The molecule has 128 valence electrons. The molecular weight excluding hydrogens is 322 g/mol. The Kier molecular flexibility index (Phi) is 5.21. The molecule has 0 spiro atoms. The zero-order valence-electron chi connectivity index (χ0n) is 13.6. The lowest BCUT2D eigenvalue weighted by Crippen LogP contribution is -2.51. The Balaban J connectivity index is 1.68. The quantitative estimate of drug-likeness (QED) is 0.757. The van der Waals surface area contributed by atoms with Crippen molar-refractivity contribution in [2.75, 3.05) is 13.1 Å². The minimum absolute atomic E-state index is 0.123. The number of hydrogen-bond donors (Lipinski definition) is 2. The lowest BCUT2D eigenvalue weighted by atomic mass is 10.0.